The maximum absolute atomic E-state index is 12.4. The van der Waals surface area contributed by atoms with Gasteiger partial charge in [-0.25, -0.2) is 4.79 Å². The lowest BCUT2D eigenvalue weighted by Crippen LogP contribution is -2.25. The van der Waals surface area contributed by atoms with Crippen LogP contribution in [0.5, 0.6) is 0 Å². The fraction of sp³-hybridized carbons (Fsp3) is 0.238. The zero-order chi connectivity index (χ0) is 18.9. The molecular formula is C21H20INO3. The normalized spacial score (nSPS) is 16.5. The largest absolute Gasteiger partial charge is 0.454 e. The molecule has 0 aromatic heterocycles. The summed E-state index contributed by atoms with van der Waals surface area (Å²) in [4.78, 5) is 26.5. The number of hydrogen-bond donors (Lipinski definition) is 0. The van der Waals surface area contributed by atoms with Crippen LogP contribution in [0.1, 0.15) is 29.8 Å². The molecule has 0 bridgehead atoms. The minimum atomic E-state index is -0.488. The molecule has 5 heteroatoms. The molecule has 0 saturated heterocycles. The van der Waals surface area contributed by atoms with Crippen LogP contribution >= 0.6 is 22.6 Å². The third-order valence-corrected chi connectivity index (χ3v) is 5.31. The molecule has 1 aliphatic rings. The third kappa shape index (κ3) is 3.53. The second-order valence-electron chi connectivity index (χ2n) is 6.78. The zero-order valence-electron chi connectivity index (χ0n) is 15.0. The molecule has 1 heterocycles. The van der Waals surface area contributed by atoms with E-state index in [1.54, 1.807) is 24.3 Å². The van der Waals surface area contributed by atoms with E-state index in [9.17, 15) is 9.59 Å². The summed E-state index contributed by atoms with van der Waals surface area (Å²) < 4.78 is 6.12. The third-order valence-electron chi connectivity index (χ3n) is 4.64. The molecule has 2 aromatic carbocycles. The number of carbonyl (C=O) groups is 2. The highest BCUT2D eigenvalue weighted by molar-refractivity contribution is 14.1. The van der Waals surface area contributed by atoms with E-state index < -0.39 is 5.97 Å². The van der Waals surface area contributed by atoms with E-state index in [1.807, 2.05) is 36.2 Å². The van der Waals surface area contributed by atoms with Crippen molar-refractivity contribution in [3.05, 3.63) is 75.0 Å². The standard InChI is InChI=1S/C21H20INO3/c1-21(2)17-9-4-5-10-18(17)23(3)19(21)12-16(24)13-26-20(25)14-7-6-8-15(22)11-14/h4-12H,13H2,1-3H3/b19-12+. The lowest BCUT2D eigenvalue weighted by atomic mass is 9.83. The van der Waals surface area contributed by atoms with E-state index in [2.05, 4.69) is 42.5 Å². The van der Waals surface area contributed by atoms with E-state index in [4.69, 9.17) is 4.74 Å². The first-order chi connectivity index (χ1) is 12.3. The maximum atomic E-state index is 12.4. The van der Waals surface area contributed by atoms with E-state index in [0.29, 0.717) is 5.56 Å². The van der Waals surface area contributed by atoms with Crippen molar-refractivity contribution >= 4 is 40.0 Å². The highest BCUT2D eigenvalue weighted by Crippen LogP contribution is 2.46. The number of fused-ring (bicyclic) bond motifs is 1. The monoisotopic (exact) mass is 461 g/mol. The second-order valence-corrected chi connectivity index (χ2v) is 8.03. The number of likely N-dealkylation sites (N-methyl/N-ethyl adjacent to an activating group) is 1. The van der Waals surface area contributed by atoms with Gasteiger partial charge in [-0.05, 0) is 52.4 Å². The predicted molar refractivity (Wildman–Crippen MR) is 110 cm³/mol. The summed E-state index contributed by atoms with van der Waals surface area (Å²) >= 11 is 2.13. The average molecular weight is 461 g/mol. The first-order valence-electron chi connectivity index (χ1n) is 8.31. The van der Waals surface area contributed by atoms with Gasteiger partial charge in [-0.15, -0.1) is 0 Å². The Morgan fingerprint density at radius 2 is 1.88 bits per heavy atom. The van der Waals surface area contributed by atoms with Crippen LogP contribution in [0, 0.1) is 3.57 Å². The molecule has 0 atom stereocenters. The van der Waals surface area contributed by atoms with E-state index in [0.717, 1.165) is 15.0 Å². The van der Waals surface area contributed by atoms with Gasteiger partial charge in [0.25, 0.3) is 0 Å². The lowest BCUT2D eigenvalue weighted by Gasteiger charge is -2.23. The predicted octanol–water partition coefficient (Wildman–Crippen LogP) is 4.33. The average Bonchev–Trinajstić information content (AvgIpc) is 2.81. The minimum Gasteiger partial charge on any atom is -0.454 e. The number of allylic oxidation sites excluding steroid dienone is 1. The Kier molecular flexibility index (Phi) is 5.18. The van der Waals surface area contributed by atoms with Gasteiger partial charge >= 0.3 is 5.97 Å². The van der Waals surface area contributed by atoms with Crippen molar-refractivity contribution in [3.8, 4) is 0 Å². The summed E-state index contributed by atoms with van der Waals surface area (Å²) in [5, 5.41) is 0. The van der Waals surface area contributed by atoms with E-state index in [1.165, 1.54) is 5.56 Å². The molecule has 0 N–H and O–H groups in total. The molecule has 0 spiro atoms. The first kappa shape index (κ1) is 18.6. The number of esters is 1. The van der Waals surface area contributed by atoms with Gasteiger partial charge in [0.05, 0.1) is 5.56 Å². The lowest BCUT2D eigenvalue weighted by molar-refractivity contribution is -0.117. The van der Waals surface area contributed by atoms with Gasteiger partial charge in [-0.2, -0.15) is 0 Å². The van der Waals surface area contributed by atoms with Crippen molar-refractivity contribution in [2.45, 2.75) is 19.3 Å². The highest BCUT2D eigenvalue weighted by Gasteiger charge is 2.38. The van der Waals surface area contributed by atoms with Crippen LogP contribution < -0.4 is 4.90 Å². The highest BCUT2D eigenvalue weighted by atomic mass is 127. The van der Waals surface area contributed by atoms with Crippen LogP contribution in [0.25, 0.3) is 0 Å². The fourth-order valence-electron chi connectivity index (χ4n) is 3.29. The van der Waals surface area contributed by atoms with Crippen LogP contribution in [-0.2, 0) is 14.9 Å². The molecule has 0 radical (unpaired) electrons. The molecule has 26 heavy (non-hydrogen) atoms. The summed E-state index contributed by atoms with van der Waals surface area (Å²) in [6.07, 6.45) is 1.59. The van der Waals surface area contributed by atoms with Gasteiger partial charge in [-0.3, -0.25) is 4.79 Å². The maximum Gasteiger partial charge on any atom is 0.338 e. The SMILES string of the molecule is CN1/C(=C/C(=O)COC(=O)c2cccc(I)c2)C(C)(C)c2ccccc21. The van der Waals surface area contributed by atoms with Crippen molar-refractivity contribution in [3.63, 3.8) is 0 Å². The molecule has 0 saturated carbocycles. The molecule has 134 valence electrons. The Labute approximate surface area is 167 Å². The number of rotatable bonds is 4. The number of benzene rings is 2. The zero-order valence-corrected chi connectivity index (χ0v) is 17.1. The van der Waals surface area contributed by atoms with E-state index in [-0.39, 0.29) is 17.8 Å². The molecule has 0 fully saturated rings. The number of ketones is 1. The Morgan fingerprint density at radius 3 is 2.58 bits per heavy atom. The molecule has 1 aliphatic heterocycles. The first-order valence-corrected chi connectivity index (χ1v) is 9.39. The van der Waals surface area contributed by atoms with Gasteiger partial charge in [0.2, 0.25) is 0 Å². The van der Waals surface area contributed by atoms with E-state index >= 15 is 0 Å². The summed E-state index contributed by atoms with van der Waals surface area (Å²) in [6, 6.07) is 15.2. The number of carbonyl (C=O) groups excluding carboxylic acids is 2. The van der Waals surface area contributed by atoms with Crippen LogP contribution in [-0.4, -0.2) is 25.4 Å². The van der Waals surface area contributed by atoms with Crippen molar-refractivity contribution in [1.29, 1.82) is 0 Å². The van der Waals surface area contributed by atoms with Crippen molar-refractivity contribution in [1.82, 2.24) is 0 Å². The number of anilines is 1. The van der Waals surface area contributed by atoms with Gasteiger partial charge in [0, 0.05) is 33.5 Å². The van der Waals surface area contributed by atoms with Crippen molar-refractivity contribution < 1.29 is 14.3 Å². The van der Waals surface area contributed by atoms with Gasteiger partial charge in [0.1, 0.15) is 0 Å². The van der Waals surface area contributed by atoms with Crippen LogP contribution in [0.3, 0.4) is 0 Å². The Hall–Kier alpha value is -2.15. The molecule has 4 nitrogen and oxygen atoms in total. The fourth-order valence-corrected chi connectivity index (χ4v) is 3.83. The van der Waals surface area contributed by atoms with Crippen LogP contribution in [0.15, 0.2) is 60.3 Å². The minimum absolute atomic E-state index is 0.230. The number of nitrogens with zero attached hydrogens (tertiary/aromatic N) is 1. The summed E-state index contributed by atoms with van der Waals surface area (Å²) in [5.41, 5.74) is 3.34. The van der Waals surface area contributed by atoms with Gasteiger partial charge in [-0.1, -0.05) is 38.1 Å². The molecule has 0 unspecified atom stereocenters. The number of para-hydroxylation sites is 1. The molecule has 0 aliphatic carbocycles. The second kappa shape index (κ2) is 7.23. The smallest absolute Gasteiger partial charge is 0.338 e. The quantitative estimate of drug-likeness (QED) is 0.387. The van der Waals surface area contributed by atoms with Crippen LogP contribution in [0.2, 0.25) is 0 Å². The topological polar surface area (TPSA) is 46.6 Å². The van der Waals surface area contributed by atoms with Gasteiger partial charge < -0.3 is 9.64 Å². The Bertz CT molecular complexity index is 902. The number of ether oxygens (including phenoxy) is 1. The Balaban J connectivity index is 1.72. The summed E-state index contributed by atoms with van der Waals surface area (Å²) in [6.45, 7) is 3.91. The van der Waals surface area contributed by atoms with Gasteiger partial charge in [0.15, 0.2) is 12.4 Å². The molecule has 3 rings (SSSR count). The molecular weight excluding hydrogens is 441 g/mol. The number of hydrogen-bond acceptors (Lipinski definition) is 4. The summed E-state index contributed by atoms with van der Waals surface area (Å²) in [5.74, 6) is -0.718. The summed E-state index contributed by atoms with van der Waals surface area (Å²) in [7, 11) is 1.95. The molecule has 0 amide bonds. The van der Waals surface area contributed by atoms with Crippen LogP contribution in [0.4, 0.5) is 5.69 Å². The molecule has 2 aromatic rings. The number of halogens is 1. The van der Waals surface area contributed by atoms with Crippen molar-refractivity contribution in [2.75, 3.05) is 18.6 Å². The van der Waals surface area contributed by atoms with Crippen molar-refractivity contribution in [2.24, 2.45) is 0 Å². The Morgan fingerprint density at radius 1 is 1.15 bits per heavy atom.